The van der Waals surface area contributed by atoms with Crippen LogP contribution in [0, 0.1) is 0 Å². The summed E-state index contributed by atoms with van der Waals surface area (Å²) in [5.74, 6) is 0.394. The number of nitrogens with zero attached hydrogens (tertiary/aromatic N) is 1. The first-order valence-electron chi connectivity index (χ1n) is 7.70. The molecule has 2 rings (SSSR count). The minimum Gasteiger partial charge on any atom is -0.481 e. The number of hydrogen-bond acceptors (Lipinski definition) is 3. The third-order valence-corrected chi connectivity index (χ3v) is 3.78. The molecule has 1 aromatic heterocycles. The van der Waals surface area contributed by atoms with Crippen LogP contribution in [0.25, 0.3) is 0 Å². The number of fused-ring (bicyclic) bond motifs is 1. The molecule has 0 unspecified atom stereocenters. The Bertz CT molecular complexity index is 446. The highest BCUT2D eigenvalue weighted by molar-refractivity contribution is 5.66. The molecule has 0 atom stereocenters. The average Bonchev–Trinajstić information content (AvgIpc) is 2.46. The Balaban J connectivity index is 1.63. The van der Waals surface area contributed by atoms with E-state index in [1.807, 2.05) is 0 Å². The van der Waals surface area contributed by atoms with Crippen molar-refractivity contribution in [3.05, 3.63) is 23.4 Å². The highest BCUT2D eigenvalue weighted by atomic mass is 16.4. The summed E-state index contributed by atoms with van der Waals surface area (Å²) in [6.07, 6.45) is 8.90. The van der Waals surface area contributed by atoms with Gasteiger partial charge in [-0.05, 0) is 43.7 Å². The fourth-order valence-electron chi connectivity index (χ4n) is 2.62. The van der Waals surface area contributed by atoms with Gasteiger partial charge >= 0.3 is 5.97 Å². The van der Waals surface area contributed by atoms with E-state index in [-0.39, 0.29) is 0 Å². The molecule has 1 aromatic rings. The van der Waals surface area contributed by atoms with Gasteiger partial charge in [-0.2, -0.15) is 0 Å². The average molecular weight is 276 g/mol. The molecular formula is C16H24N2O2. The maximum atomic E-state index is 10.4. The van der Waals surface area contributed by atoms with E-state index in [9.17, 15) is 4.79 Å². The molecule has 0 saturated heterocycles. The lowest BCUT2D eigenvalue weighted by Gasteiger charge is -2.17. The van der Waals surface area contributed by atoms with Crippen molar-refractivity contribution in [3.63, 3.8) is 0 Å². The van der Waals surface area contributed by atoms with Gasteiger partial charge in [-0.1, -0.05) is 25.3 Å². The fourth-order valence-corrected chi connectivity index (χ4v) is 2.62. The van der Waals surface area contributed by atoms with Crippen LogP contribution in [0.15, 0.2) is 12.1 Å². The quantitative estimate of drug-likeness (QED) is 0.714. The van der Waals surface area contributed by atoms with Crippen molar-refractivity contribution >= 4 is 11.8 Å². The van der Waals surface area contributed by atoms with Crippen LogP contribution in [0.1, 0.15) is 56.2 Å². The SMILES string of the molecule is O=C(O)CCCCCCCc1ccc2c(n1)NCCC2. The normalized spacial score (nSPS) is 13.6. The molecule has 1 aliphatic heterocycles. The molecule has 0 radical (unpaired) electrons. The number of carboxylic acids is 1. The Labute approximate surface area is 120 Å². The van der Waals surface area contributed by atoms with Crippen LogP contribution in [-0.4, -0.2) is 22.6 Å². The van der Waals surface area contributed by atoms with Crippen molar-refractivity contribution in [2.24, 2.45) is 0 Å². The molecular weight excluding hydrogens is 252 g/mol. The summed E-state index contributed by atoms with van der Waals surface area (Å²) in [4.78, 5) is 15.1. The predicted molar refractivity (Wildman–Crippen MR) is 80.1 cm³/mol. The number of aliphatic carboxylic acids is 1. The number of unbranched alkanes of at least 4 members (excludes halogenated alkanes) is 4. The van der Waals surface area contributed by atoms with Gasteiger partial charge in [0.15, 0.2) is 0 Å². The molecule has 0 amide bonds. The summed E-state index contributed by atoms with van der Waals surface area (Å²) in [6, 6.07) is 4.35. The molecule has 2 N–H and O–H groups in total. The number of aromatic nitrogens is 1. The molecule has 2 heterocycles. The lowest BCUT2D eigenvalue weighted by Crippen LogP contribution is -2.13. The van der Waals surface area contributed by atoms with Crippen LogP contribution in [-0.2, 0) is 17.6 Å². The van der Waals surface area contributed by atoms with Crippen molar-refractivity contribution in [3.8, 4) is 0 Å². The van der Waals surface area contributed by atoms with Gasteiger partial charge in [-0.3, -0.25) is 4.79 Å². The first kappa shape index (κ1) is 14.8. The minimum atomic E-state index is -0.684. The molecule has 20 heavy (non-hydrogen) atoms. The number of anilines is 1. The number of pyridine rings is 1. The first-order valence-corrected chi connectivity index (χ1v) is 7.70. The first-order chi connectivity index (χ1) is 9.75. The molecule has 0 aliphatic carbocycles. The third kappa shape index (κ3) is 4.83. The fraction of sp³-hybridized carbons (Fsp3) is 0.625. The van der Waals surface area contributed by atoms with Gasteiger partial charge in [0.05, 0.1) is 0 Å². The van der Waals surface area contributed by atoms with Crippen LogP contribution in [0.2, 0.25) is 0 Å². The molecule has 0 spiro atoms. The molecule has 0 bridgehead atoms. The second-order valence-electron chi connectivity index (χ2n) is 5.50. The van der Waals surface area contributed by atoms with E-state index in [1.165, 1.54) is 17.7 Å². The van der Waals surface area contributed by atoms with Gasteiger partial charge in [-0.15, -0.1) is 0 Å². The highest BCUT2D eigenvalue weighted by Crippen LogP contribution is 2.20. The van der Waals surface area contributed by atoms with E-state index < -0.39 is 5.97 Å². The third-order valence-electron chi connectivity index (χ3n) is 3.78. The number of carboxylic acid groups (broad SMARTS) is 1. The van der Waals surface area contributed by atoms with Gasteiger partial charge in [0.2, 0.25) is 0 Å². The van der Waals surface area contributed by atoms with Crippen molar-refractivity contribution in [2.45, 2.75) is 57.8 Å². The molecule has 1 aliphatic rings. The van der Waals surface area contributed by atoms with Crippen LogP contribution in [0.3, 0.4) is 0 Å². The lowest BCUT2D eigenvalue weighted by atomic mass is 10.0. The van der Waals surface area contributed by atoms with E-state index in [4.69, 9.17) is 5.11 Å². The maximum Gasteiger partial charge on any atom is 0.303 e. The summed E-state index contributed by atoms with van der Waals surface area (Å²) in [7, 11) is 0. The minimum absolute atomic E-state index is 0.304. The second kappa shape index (κ2) is 7.88. The molecule has 0 aromatic carbocycles. The van der Waals surface area contributed by atoms with Gasteiger partial charge in [-0.25, -0.2) is 4.98 Å². The Kier molecular flexibility index (Phi) is 5.84. The maximum absolute atomic E-state index is 10.4. The van der Waals surface area contributed by atoms with E-state index >= 15 is 0 Å². The lowest BCUT2D eigenvalue weighted by molar-refractivity contribution is -0.137. The number of nitrogens with one attached hydrogen (secondary N) is 1. The summed E-state index contributed by atoms with van der Waals surface area (Å²) in [6.45, 7) is 1.03. The molecule has 4 heteroatoms. The summed E-state index contributed by atoms with van der Waals surface area (Å²) in [5, 5.41) is 11.9. The summed E-state index contributed by atoms with van der Waals surface area (Å²) >= 11 is 0. The molecule has 110 valence electrons. The van der Waals surface area contributed by atoms with Gasteiger partial charge in [0.25, 0.3) is 0 Å². The predicted octanol–water partition coefficient (Wildman–Crippen LogP) is 3.41. The molecule has 0 fully saturated rings. The Morgan fingerprint density at radius 2 is 2.00 bits per heavy atom. The zero-order chi connectivity index (χ0) is 14.2. The monoisotopic (exact) mass is 276 g/mol. The zero-order valence-electron chi connectivity index (χ0n) is 12.0. The smallest absolute Gasteiger partial charge is 0.303 e. The topological polar surface area (TPSA) is 62.2 Å². The standard InChI is InChI=1S/C16H24N2O2/c19-15(20)9-5-3-1-2-4-8-14-11-10-13-7-6-12-17-16(13)18-14/h10-11H,1-9,12H2,(H,17,18)(H,19,20). The Morgan fingerprint density at radius 1 is 1.20 bits per heavy atom. The van der Waals surface area contributed by atoms with Crippen LogP contribution in [0.5, 0.6) is 0 Å². The van der Waals surface area contributed by atoms with Crippen molar-refractivity contribution < 1.29 is 9.90 Å². The van der Waals surface area contributed by atoms with Gasteiger partial charge in [0.1, 0.15) is 5.82 Å². The van der Waals surface area contributed by atoms with E-state index in [2.05, 4.69) is 22.4 Å². The van der Waals surface area contributed by atoms with Gasteiger partial charge < -0.3 is 10.4 Å². The zero-order valence-corrected chi connectivity index (χ0v) is 12.0. The number of hydrogen-bond donors (Lipinski definition) is 2. The van der Waals surface area contributed by atoms with Crippen molar-refractivity contribution in [1.82, 2.24) is 4.98 Å². The van der Waals surface area contributed by atoms with E-state index in [0.29, 0.717) is 6.42 Å². The summed E-state index contributed by atoms with van der Waals surface area (Å²) in [5.41, 5.74) is 2.51. The number of aryl methyl sites for hydroxylation is 2. The van der Waals surface area contributed by atoms with Crippen LogP contribution >= 0.6 is 0 Å². The van der Waals surface area contributed by atoms with Gasteiger partial charge in [0, 0.05) is 18.7 Å². The Morgan fingerprint density at radius 3 is 2.85 bits per heavy atom. The van der Waals surface area contributed by atoms with Crippen molar-refractivity contribution in [2.75, 3.05) is 11.9 Å². The highest BCUT2D eigenvalue weighted by Gasteiger charge is 2.09. The van der Waals surface area contributed by atoms with Crippen LogP contribution < -0.4 is 5.32 Å². The van der Waals surface area contributed by atoms with Crippen molar-refractivity contribution in [1.29, 1.82) is 0 Å². The Hall–Kier alpha value is -1.58. The van der Waals surface area contributed by atoms with E-state index in [1.54, 1.807) is 0 Å². The molecule has 0 saturated carbocycles. The molecule has 4 nitrogen and oxygen atoms in total. The van der Waals surface area contributed by atoms with E-state index in [0.717, 1.165) is 57.3 Å². The largest absolute Gasteiger partial charge is 0.481 e. The number of rotatable bonds is 8. The number of carbonyl (C=O) groups is 1. The van der Waals surface area contributed by atoms with Crippen LogP contribution in [0.4, 0.5) is 5.82 Å². The second-order valence-corrected chi connectivity index (χ2v) is 5.50. The summed E-state index contributed by atoms with van der Waals surface area (Å²) < 4.78 is 0.